The fraction of sp³-hybridized carbons (Fsp3) is 0.632. The number of rotatable bonds is 4. The van der Waals surface area contributed by atoms with E-state index in [0.717, 1.165) is 58.4 Å². The highest BCUT2D eigenvalue weighted by Crippen LogP contribution is 2.21. The van der Waals surface area contributed by atoms with Gasteiger partial charge in [0.2, 0.25) is 0 Å². The van der Waals surface area contributed by atoms with Crippen molar-refractivity contribution in [3.63, 3.8) is 0 Å². The number of methoxy groups -OCH3 is 1. The van der Waals surface area contributed by atoms with Gasteiger partial charge in [-0.1, -0.05) is 30.3 Å². The normalized spacial score (nSPS) is 25.5. The Balaban J connectivity index is 1.45. The van der Waals surface area contributed by atoms with Gasteiger partial charge < -0.3 is 15.0 Å². The van der Waals surface area contributed by atoms with Crippen molar-refractivity contribution in [3.8, 4) is 0 Å². The zero-order valence-corrected chi connectivity index (χ0v) is 14.6. The van der Waals surface area contributed by atoms with Crippen molar-refractivity contribution in [3.05, 3.63) is 35.9 Å². The van der Waals surface area contributed by atoms with Gasteiger partial charge in [-0.25, -0.2) is 4.79 Å². The van der Waals surface area contributed by atoms with E-state index in [1.54, 1.807) is 7.11 Å². The summed E-state index contributed by atoms with van der Waals surface area (Å²) in [6.45, 7) is 4.60. The molecule has 1 aliphatic carbocycles. The second kappa shape index (κ2) is 8.49. The lowest BCUT2D eigenvalue weighted by Gasteiger charge is -2.24. The van der Waals surface area contributed by atoms with Gasteiger partial charge in [0.15, 0.2) is 0 Å². The van der Waals surface area contributed by atoms with Gasteiger partial charge in [-0.15, -0.1) is 0 Å². The molecule has 0 bridgehead atoms. The third-order valence-corrected chi connectivity index (χ3v) is 5.17. The predicted octanol–water partition coefficient (Wildman–Crippen LogP) is 2.47. The van der Waals surface area contributed by atoms with E-state index in [1.807, 2.05) is 4.90 Å². The molecule has 1 saturated carbocycles. The van der Waals surface area contributed by atoms with Crippen LogP contribution < -0.4 is 5.32 Å². The molecule has 2 aliphatic rings. The average Bonchev–Trinajstić information content (AvgIpc) is 2.92. The second-order valence-electron chi connectivity index (χ2n) is 6.92. The molecule has 1 aromatic carbocycles. The first-order valence-electron chi connectivity index (χ1n) is 9.09. The van der Waals surface area contributed by atoms with E-state index in [1.165, 1.54) is 5.56 Å². The van der Waals surface area contributed by atoms with Crippen LogP contribution in [0, 0.1) is 0 Å². The monoisotopic (exact) mass is 331 g/mol. The fourth-order valence-corrected chi connectivity index (χ4v) is 3.72. The molecule has 1 aromatic rings. The summed E-state index contributed by atoms with van der Waals surface area (Å²) >= 11 is 0. The van der Waals surface area contributed by atoms with Crippen molar-refractivity contribution in [1.29, 1.82) is 0 Å². The Bertz CT molecular complexity index is 523. The zero-order chi connectivity index (χ0) is 16.8. The summed E-state index contributed by atoms with van der Waals surface area (Å²) in [6.07, 6.45) is 4.35. The molecule has 24 heavy (non-hydrogen) atoms. The largest absolute Gasteiger partial charge is 0.381 e. The maximum absolute atomic E-state index is 12.5. The Morgan fingerprint density at radius 2 is 2.00 bits per heavy atom. The second-order valence-corrected chi connectivity index (χ2v) is 6.92. The Kier molecular flexibility index (Phi) is 6.10. The Labute approximate surface area is 145 Å². The number of hydrogen-bond donors (Lipinski definition) is 1. The molecule has 0 radical (unpaired) electrons. The third-order valence-electron chi connectivity index (χ3n) is 5.17. The van der Waals surface area contributed by atoms with E-state index in [0.29, 0.717) is 6.10 Å². The van der Waals surface area contributed by atoms with Crippen LogP contribution >= 0.6 is 0 Å². The summed E-state index contributed by atoms with van der Waals surface area (Å²) in [6, 6.07) is 10.9. The molecule has 132 valence electrons. The summed E-state index contributed by atoms with van der Waals surface area (Å²) in [5.41, 5.74) is 1.34. The van der Waals surface area contributed by atoms with Crippen LogP contribution in [0.3, 0.4) is 0 Å². The minimum atomic E-state index is 0.0957. The van der Waals surface area contributed by atoms with Crippen molar-refractivity contribution < 1.29 is 9.53 Å². The fourth-order valence-electron chi connectivity index (χ4n) is 3.72. The molecule has 2 atom stereocenters. The first kappa shape index (κ1) is 17.2. The highest BCUT2D eigenvalue weighted by Gasteiger charge is 2.27. The first-order valence-corrected chi connectivity index (χ1v) is 9.09. The van der Waals surface area contributed by atoms with Crippen LogP contribution in [0.1, 0.15) is 31.2 Å². The van der Waals surface area contributed by atoms with Crippen LogP contribution in [0.25, 0.3) is 0 Å². The van der Waals surface area contributed by atoms with Crippen LogP contribution in [-0.4, -0.2) is 61.3 Å². The van der Waals surface area contributed by atoms with Crippen molar-refractivity contribution >= 4 is 6.03 Å². The van der Waals surface area contributed by atoms with Gasteiger partial charge in [0.05, 0.1) is 6.10 Å². The lowest BCUT2D eigenvalue weighted by Crippen LogP contribution is -2.45. The van der Waals surface area contributed by atoms with Crippen molar-refractivity contribution in [2.45, 2.75) is 44.4 Å². The molecular formula is C19H29N3O2. The van der Waals surface area contributed by atoms with Crippen LogP contribution in [0.5, 0.6) is 0 Å². The minimum absolute atomic E-state index is 0.0957. The predicted molar refractivity (Wildman–Crippen MR) is 94.9 cm³/mol. The topological polar surface area (TPSA) is 44.8 Å². The third kappa shape index (κ3) is 4.71. The summed E-state index contributed by atoms with van der Waals surface area (Å²) in [5, 5.41) is 3.19. The summed E-state index contributed by atoms with van der Waals surface area (Å²) in [5.74, 6) is 0. The average molecular weight is 331 g/mol. The molecule has 1 heterocycles. The molecule has 1 N–H and O–H groups in total. The number of hydrogen-bond acceptors (Lipinski definition) is 3. The SMILES string of the molecule is CO[C@H]1CC[C@@H](NC(=O)N2CCCN(Cc3ccccc3)CC2)C1. The Hall–Kier alpha value is -1.59. The van der Waals surface area contributed by atoms with Gasteiger partial charge in [0, 0.05) is 45.9 Å². The molecular weight excluding hydrogens is 302 g/mol. The number of benzene rings is 1. The van der Waals surface area contributed by atoms with Gasteiger partial charge in [0.25, 0.3) is 0 Å². The number of nitrogens with zero attached hydrogens (tertiary/aromatic N) is 2. The summed E-state index contributed by atoms with van der Waals surface area (Å²) < 4.78 is 5.39. The Morgan fingerprint density at radius 1 is 1.17 bits per heavy atom. The van der Waals surface area contributed by atoms with Gasteiger partial charge in [-0.3, -0.25) is 4.90 Å². The molecule has 5 heteroatoms. The number of nitrogens with one attached hydrogen (secondary N) is 1. The van der Waals surface area contributed by atoms with E-state index < -0.39 is 0 Å². The lowest BCUT2D eigenvalue weighted by molar-refractivity contribution is 0.107. The maximum Gasteiger partial charge on any atom is 0.317 e. The van der Waals surface area contributed by atoms with Crippen molar-refractivity contribution in [2.75, 3.05) is 33.3 Å². The van der Waals surface area contributed by atoms with E-state index in [2.05, 4.69) is 40.5 Å². The molecule has 2 fully saturated rings. The van der Waals surface area contributed by atoms with Crippen LogP contribution in [0.15, 0.2) is 30.3 Å². The number of ether oxygens (including phenoxy) is 1. The van der Waals surface area contributed by atoms with Crippen LogP contribution in [-0.2, 0) is 11.3 Å². The van der Waals surface area contributed by atoms with E-state index in [-0.39, 0.29) is 12.1 Å². The van der Waals surface area contributed by atoms with E-state index in [9.17, 15) is 4.79 Å². The van der Waals surface area contributed by atoms with Crippen molar-refractivity contribution in [2.24, 2.45) is 0 Å². The van der Waals surface area contributed by atoms with E-state index >= 15 is 0 Å². The molecule has 2 amide bonds. The highest BCUT2D eigenvalue weighted by molar-refractivity contribution is 5.74. The highest BCUT2D eigenvalue weighted by atomic mass is 16.5. The molecule has 5 nitrogen and oxygen atoms in total. The van der Waals surface area contributed by atoms with Gasteiger partial charge in [0.1, 0.15) is 0 Å². The van der Waals surface area contributed by atoms with E-state index in [4.69, 9.17) is 4.74 Å². The molecule has 3 rings (SSSR count). The molecule has 0 aromatic heterocycles. The van der Waals surface area contributed by atoms with Crippen molar-refractivity contribution in [1.82, 2.24) is 15.1 Å². The standard InChI is InChI=1S/C19H29N3O2/c1-24-18-9-8-17(14-18)20-19(23)22-11-5-10-21(12-13-22)15-16-6-3-2-4-7-16/h2-4,6-7,17-18H,5,8-15H2,1H3,(H,20,23)/t17-,18+/m1/s1. The number of carbonyl (C=O) groups is 1. The summed E-state index contributed by atoms with van der Waals surface area (Å²) in [4.78, 5) is 16.9. The summed E-state index contributed by atoms with van der Waals surface area (Å²) in [7, 11) is 1.75. The van der Waals surface area contributed by atoms with Crippen LogP contribution in [0.4, 0.5) is 4.79 Å². The molecule has 0 spiro atoms. The van der Waals surface area contributed by atoms with Crippen LogP contribution in [0.2, 0.25) is 0 Å². The number of amides is 2. The molecule has 1 saturated heterocycles. The smallest absolute Gasteiger partial charge is 0.317 e. The minimum Gasteiger partial charge on any atom is -0.381 e. The quantitative estimate of drug-likeness (QED) is 0.922. The van der Waals surface area contributed by atoms with Gasteiger partial charge in [-0.05, 0) is 31.2 Å². The van der Waals surface area contributed by atoms with Gasteiger partial charge in [-0.2, -0.15) is 0 Å². The first-order chi connectivity index (χ1) is 11.7. The van der Waals surface area contributed by atoms with Gasteiger partial charge >= 0.3 is 6.03 Å². The number of carbonyl (C=O) groups excluding carboxylic acids is 1. The maximum atomic E-state index is 12.5. The molecule has 1 aliphatic heterocycles. The Morgan fingerprint density at radius 3 is 2.75 bits per heavy atom. The number of urea groups is 1. The zero-order valence-electron chi connectivity index (χ0n) is 14.6. The lowest BCUT2D eigenvalue weighted by atomic mass is 10.2. The molecule has 0 unspecified atom stereocenters.